The SMILES string of the molecule is CNC(=O)N1N=C(c2ccc(N3CC(C)(O)C3)cc2)c2cc(OC)c(OC)cc2CC1C. The van der Waals surface area contributed by atoms with E-state index in [2.05, 4.69) is 10.2 Å². The molecule has 1 unspecified atom stereocenters. The van der Waals surface area contributed by atoms with Crippen molar-refractivity contribution in [1.82, 2.24) is 10.3 Å². The second kappa shape index (κ2) is 8.35. The summed E-state index contributed by atoms with van der Waals surface area (Å²) in [4.78, 5) is 14.7. The summed E-state index contributed by atoms with van der Waals surface area (Å²) in [5, 5.41) is 19.0. The summed E-state index contributed by atoms with van der Waals surface area (Å²) in [6.45, 7) is 5.02. The lowest BCUT2D eigenvalue weighted by molar-refractivity contribution is 0.0310. The number of β-amino-alcohol motifs (C(OH)–C–C–N with tert-alkyl or cyclic N) is 1. The van der Waals surface area contributed by atoms with Crippen molar-refractivity contribution in [1.29, 1.82) is 0 Å². The van der Waals surface area contributed by atoms with E-state index in [1.807, 2.05) is 50.2 Å². The van der Waals surface area contributed by atoms with Gasteiger partial charge in [-0.25, -0.2) is 9.80 Å². The lowest BCUT2D eigenvalue weighted by Gasteiger charge is -2.45. The molecule has 2 aliphatic heterocycles. The monoisotopic (exact) mass is 438 g/mol. The van der Waals surface area contributed by atoms with Crippen LogP contribution in [-0.4, -0.2) is 67.9 Å². The van der Waals surface area contributed by atoms with Crippen molar-refractivity contribution in [3.05, 3.63) is 53.1 Å². The van der Waals surface area contributed by atoms with Gasteiger partial charge in [-0.2, -0.15) is 5.10 Å². The molecule has 1 atom stereocenters. The van der Waals surface area contributed by atoms with E-state index < -0.39 is 5.60 Å². The number of carbonyl (C=O) groups is 1. The molecule has 0 spiro atoms. The molecule has 0 aromatic heterocycles. The minimum Gasteiger partial charge on any atom is -0.493 e. The highest BCUT2D eigenvalue weighted by molar-refractivity contribution is 6.14. The molecule has 2 aromatic carbocycles. The Morgan fingerprint density at radius 1 is 1.16 bits per heavy atom. The molecule has 0 radical (unpaired) electrons. The fourth-order valence-electron chi connectivity index (χ4n) is 4.34. The molecule has 32 heavy (non-hydrogen) atoms. The Morgan fingerprint density at radius 3 is 2.34 bits per heavy atom. The largest absolute Gasteiger partial charge is 0.493 e. The van der Waals surface area contributed by atoms with Crippen molar-refractivity contribution in [2.45, 2.75) is 31.9 Å². The van der Waals surface area contributed by atoms with Crippen LogP contribution in [0.25, 0.3) is 0 Å². The van der Waals surface area contributed by atoms with Crippen LogP contribution >= 0.6 is 0 Å². The van der Waals surface area contributed by atoms with E-state index in [9.17, 15) is 9.90 Å². The molecule has 8 nitrogen and oxygen atoms in total. The zero-order chi connectivity index (χ0) is 23.0. The fourth-order valence-corrected chi connectivity index (χ4v) is 4.34. The van der Waals surface area contributed by atoms with Crippen LogP contribution < -0.4 is 19.7 Å². The Hall–Kier alpha value is -3.26. The maximum Gasteiger partial charge on any atom is 0.337 e. The Balaban J connectivity index is 1.79. The van der Waals surface area contributed by atoms with E-state index >= 15 is 0 Å². The second-order valence-corrected chi connectivity index (χ2v) is 8.67. The Kier molecular flexibility index (Phi) is 5.73. The first-order chi connectivity index (χ1) is 15.3. The Morgan fingerprint density at radius 2 is 1.78 bits per heavy atom. The summed E-state index contributed by atoms with van der Waals surface area (Å²) in [6, 6.07) is 11.5. The number of fused-ring (bicyclic) bond motifs is 1. The van der Waals surface area contributed by atoms with Crippen molar-refractivity contribution in [2.75, 3.05) is 39.3 Å². The first kappa shape index (κ1) is 22.0. The van der Waals surface area contributed by atoms with Gasteiger partial charge in [0.15, 0.2) is 11.5 Å². The van der Waals surface area contributed by atoms with Crippen molar-refractivity contribution in [2.24, 2.45) is 5.10 Å². The van der Waals surface area contributed by atoms with Crippen LogP contribution in [0.1, 0.15) is 30.5 Å². The number of hydrogen-bond acceptors (Lipinski definition) is 6. The zero-order valence-electron chi connectivity index (χ0n) is 19.2. The van der Waals surface area contributed by atoms with Crippen molar-refractivity contribution in [3.8, 4) is 11.5 Å². The molecule has 2 amide bonds. The van der Waals surface area contributed by atoms with Crippen LogP contribution in [0.5, 0.6) is 11.5 Å². The third kappa shape index (κ3) is 3.98. The second-order valence-electron chi connectivity index (χ2n) is 8.67. The molecule has 2 N–H and O–H groups in total. The highest BCUT2D eigenvalue weighted by atomic mass is 16.5. The number of anilines is 1. The number of rotatable bonds is 4. The number of nitrogens with one attached hydrogen (secondary N) is 1. The quantitative estimate of drug-likeness (QED) is 0.766. The van der Waals surface area contributed by atoms with Gasteiger partial charge in [-0.05, 0) is 50.1 Å². The summed E-state index contributed by atoms with van der Waals surface area (Å²) in [5.41, 5.74) is 3.92. The zero-order valence-corrected chi connectivity index (χ0v) is 19.2. The van der Waals surface area contributed by atoms with Crippen LogP contribution in [0.4, 0.5) is 10.5 Å². The van der Waals surface area contributed by atoms with E-state index in [4.69, 9.17) is 14.6 Å². The average molecular weight is 439 g/mol. The third-order valence-corrected chi connectivity index (χ3v) is 6.00. The molecule has 8 heteroatoms. The number of aliphatic hydroxyl groups is 1. The number of methoxy groups -OCH3 is 2. The summed E-state index contributed by atoms with van der Waals surface area (Å²) in [7, 11) is 4.82. The molecular weight excluding hydrogens is 408 g/mol. The third-order valence-electron chi connectivity index (χ3n) is 6.00. The number of ether oxygens (including phenoxy) is 2. The number of amides is 2. The lowest BCUT2D eigenvalue weighted by atomic mass is 9.93. The molecule has 170 valence electrons. The van der Waals surface area contributed by atoms with Gasteiger partial charge in [-0.15, -0.1) is 0 Å². The standard InChI is InChI=1S/C24H30N4O4/c1-15-10-17-11-20(31-4)21(32-5)12-19(17)22(26-28(15)23(29)25-3)16-6-8-18(9-7-16)27-13-24(2,30)14-27/h6-9,11-12,15,30H,10,13-14H2,1-5H3,(H,25,29). The minimum absolute atomic E-state index is 0.146. The van der Waals surface area contributed by atoms with E-state index in [1.54, 1.807) is 21.3 Å². The molecular formula is C24H30N4O4. The van der Waals surface area contributed by atoms with Gasteiger partial charge in [0, 0.05) is 37.0 Å². The van der Waals surface area contributed by atoms with Crippen molar-refractivity contribution < 1.29 is 19.4 Å². The van der Waals surface area contributed by atoms with Gasteiger partial charge in [0.2, 0.25) is 0 Å². The molecule has 4 rings (SSSR count). The van der Waals surface area contributed by atoms with E-state index in [1.165, 1.54) is 5.01 Å². The van der Waals surface area contributed by atoms with Crippen LogP contribution in [0, 0.1) is 0 Å². The summed E-state index contributed by atoms with van der Waals surface area (Å²) < 4.78 is 11.0. The van der Waals surface area contributed by atoms with Gasteiger partial charge in [0.05, 0.1) is 31.6 Å². The van der Waals surface area contributed by atoms with Gasteiger partial charge in [-0.1, -0.05) is 12.1 Å². The van der Waals surface area contributed by atoms with Crippen molar-refractivity contribution in [3.63, 3.8) is 0 Å². The smallest absolute Gasteiger partial charge is 0.337 e. The number of urea groups is 1. The normalized spacial score (nSPS) is 19.3. The Bertz CT molecular complexity index is 1040. The first-order valence-electron chi connectivity index (χ1n) is 10.7. The lowest BCUT2D eigenvalue weighted by Crippen LogP contribution is -2.60. The van der Waals surface area contributed by atoms with Crippen LogP contribution in [-0.2, 0) is 6.42 Å². The Labute approximate surface area is 188 Å². The van der Waals surface area contributed by atoms with Crippen LogP contribution in [0.2, 0.25) is 0 Å². The van der Waals surface area contributed by atoms with Gasteiger partial charge in [0.1, 0.15) is 0 Å². The predicted molar refractivity (Wildman–Crippen MR) is 124 cm³/mol. The van der Waals surface area contributed by atoms with Crippen LogP contribution in [0.3, 0.4) is 0 Å². The summed E-state index contributed by atoms with van der Waals surface area (Å²) >= 11 is 0. The summed E-state index contributed by atoms with van der Waals surface area (Å²) in [6.07, 6.45) is 0.622. The number of benzene rings is 2. The number of nitrogens with zero attached hydrogens (tertiary/aromatic N) is 3. The number of hydrazone groups is 1. The molecule has 1 saturated heterocycles. The first-order valence-corrected chi connectivity index (χ1v) is 10.7. The van der Waals surface area contributed by atoms with Gasteiger partial charge >= 0.3 is 6.03 Å². The van der Waals surface area contributed by atoms with Crippen molar-refractivity contribution >= 4 is 17.4 Å². The van der Waals surface area contributed by atoms with E-state index in [0.717, 1.165) is 22.4 Å². The molecule has 2 aliphatic rings. The molecule has 2 heterocycles. The minimum atomic E-state index is -0.636. The topological polar surface area (TPSA) is 86.6 Å². The fraction of sp³-hybridized carbons (Fsp3) is 0.417. The average Bonchev–Trinajstić information content (AvgIpc) is 2.91. The van der Waals surface area contributed by atoms with Gasteiger partial charge in [-0.3, -0.25) is 0 Å². The number of carbonyl (C=O) groups excluding carboxylic acids is 1. The molecule has 0 saturated carbocycles. The predicted octanol–water partition coefficient (Wildman–Crippen LogP) is 2.61. The highest BCUT2D eigenvalue weighted by Gasteiger charge is 2.36. The highest BCUT2D eigenvalue weighted by Crippen LogP contribution is 2.35. The number of hydrogen-bond donors (Lipinski definition) is 2. The van der Waals surface area contributed by atoms with E-state index in [-0.39, 0.29) is 12.1 Å². The molecule has 0 aliphatic carbocycles. The molecule has 2 aromatic rings. The molecule has 1 fully saturated rings. The van der Waals surface area contributed by atoms with Crippen LogP contribution in [0.15, 0.2) is 41.5 Å². The maximum atomic E-state index is 12.6. The van der Waals surface area contributed by atoms with Gasteiger partial charge < -0.3 is 24.8 Å². The van der Waals surface area contributed by atoms with E-state index in [0.29, 0.717) is 36.7 Å². The molecule has 0 bridgehead atoms. The maximum absolute atomic E-state index is 12.6. The summed E-state index contributed by atoms with van der Waals surface area (Å²) in [5.74, 6) is 1.26. The van der Waals surface area contributed by atoms with Gasteiger partial charge in [0.25, 0.3) is 0 Å².